The molecule has 0 aliphatic heterocycles. The molecule has 23 heavy (non-hydrogen) atoms. The molecule has 3 nitrogen and oxygen atoms in total. The molecule has 0 saturated carbocycles. The number of carbonyl (C=O) groups excluding carboxylic acids is 1. The van der Waals surface area contributed by atoms with Crippen molar-refractivity contribution in [3.8, 4) is 0 Å². The highest BCUT2D eigenvalue weighted by Gasteiger charge is 2.23. The number of rotatable bonds is 3. The quantitative estimate of drug-likeness (QED) is 0.791. The van der Waals surface area contributed by atoms with Gasteiger partial charge in [0.25, 0.3) is 5.91 Å². The third-order valence-electron chi connectivity index (χ3n) is 4.60. The molecule has 0 spiro atoms. The highest BCUT2D eigenvalue weighted by molar-refractivity contribution is 6.05. The highest BCUT2D eigenvalue weighted by Crippen LogP contribution is 2.34. The molecule has 3 rings (SSSR count). The van der Waals surface area contributed by atoms with Gasteiger partial charge in [-0.15, -0.1) is 0 Å². The Kier molecular flexibility index (Phi) is 4.49. The number of hydrogen-bond acceptors (Lipinski definition) is 2. The summed E-state index contributed by atoms with van der Waals surface area (Å²) >= 11 is 0. The van der Waals surface area contributed by atoms with Gasteiger partial charge in [0.2, 0.25) is 0 Å². The van der Waals surface area contributed by atoms with Gasteiger partial charge in [0.15, 0.2) is 0 Å². The fraction of sp³-hybridized carbons (Fsp3) is 0.350. The normalized spacial score (nSPS) is 17.0. The minimum atomic E-state index is -0.000548. The third-order valence-corrected chi connectivity index (χ3v) is 4.60. The molecule has 0 bridgehead atoms. The van der Waals surface area contributed by atoms with Crippen LogP contribution in [0, 0.1) is 0 Å². The van der Waals surface area contributed by atoms with E-state index in [4.69, 9.17) is 0 Å². The summed E-state index contributed by atoms with van der Waals surface area (Å²) in [5.41, 5.74) is 4.46. The second kappa shape index (κ2) is 6.55. The first-order valence-corrected chi connectivity index (χ1v) is 8.27. The molecule has 0 aromatic heterocycles. The van der Waals surface area contributed by atoms with Crippen LogP contribution >= 0.6 is 0 Å². The maximum absolute atomic E-state index is 12.9. The summed E-state index contributed by atoms with van der Waals surface area (Å²) in [6, 6.07) is 15.9. The van der Waals surface area contributed by atoms with Crippen LogP contribution in [0.5, 0.6) is 0 Å². The predicted molar refractivity (Wildman–Crippen MR) is 94.7 cm³/mol. The van der Waals surface area contributed by atoms with Gasteiger partial charge in [-0.2, -0.15) is 0 Å². The van der Waals surface area contributed by atoms with Crippen LogP contribution in [-0.2, 0) is 6.42 Å². The van der Waals surface area contributed by atoms with Crippen LogP contribution in [-0.4, -0.2) is 25.0 Å². The molecule has 2 aromatic carbocycles. The Morgan fingerprint density at radius 1 is 1.09 bits per heavy atom. The third kappa shape index (κ3) is 3.15. The number of hydrogen-bond donors (Lipinski definition) is 0. The standard InChI is InChI=1S/C20H24N2O/c1-15-8-7-11-17-14-18(12-13-19(15)17)22(21(2)3)20(23)16-9-5-4-6-10-16/h4-6,9-10,12-15H,7-8,11H2,1-3H3. The number of nitrogens with zero attached hydrogens (tertiary/aromatic N) is 2. The van der Waals surface area contributed by atoms with Crippen LogP contribution in [0.4, 0.5) is 5.69 Å². The van der Waals surface area contributed by atoms with Crippen molar-refractivity contribution in [2.75, 3.05) is 19.1 Å². The number of fused-ring (bicyclic) bond motifs is 1. The lowest BCUT2D eigenvalue weighted by Crippen LogP contribution is -2.42. The summed E-state index contributed by atoms with van der Waals surface area (Å²) in [5, 5.41) is 3.60. The molecule has 1 amide bonds. The SMILES string of the molecule is CC1CCCc2cc(N(C(=O)c3ccccc3)N(C)C)ccc21. The molecular weight excluding hydrogens is 284 g/mol. The predicted octanol–water partition coefficient (Wildman–Crippen LogP) is 4.25. The van der Waals surface area contributed by atoms with Crippen molar-refractivity contribution in [1.29, 1.82) is 0 Å². The highest BCUT2D eigenvalue weighted by atomic mass is 16.2. The molecule has 1 atom stereocenters. The first-order chi connectivity index (χ1) is 11.1. The molecular formula is C20H24N2O. The monoisotopic (exact) mass is 308 g/mol. The van der Waals surface area contributed by atoms with Crippen molar-refractivity contribution in [2.45, 2.75) is 32.1 Å². The van der Waals surface area contributed by atoms with Gasteiger partial charge in [0, 0.05) is 19.7 Å². The second-order valence-electron chi connectivity index (χ2n) is 6.51. The lowest BCUT2D eigenvalue weighted by atomic mass is 9.84. The van der Waals surface area contributed by atoms with E-state index in [9.17, 15) is 4.79 Å². The Morgan fingerprint density at radius 2 is 1.83 bits per heavy atom. The summed E-state index contributed by atoms with van der Waals surface area (Å²) in [4.78, 5) is 12.9. The van der Waals surface area contributed by atoms with E-state index >= 15 is 0 Å². The molecule has 1 aliphatic rings. The Morgan fingerprint density at radius 3 is 2.52 bits per heavy atom. The second-order valence-corrected chi connectivity index (χ2v) is 6.51. The van der Waals surface area contributed by atoms with E-state index in [2.05, 4.69) is 25.1 Å². The smallest absolute Gasteiger partial charge is 0.267 e. The van der Waals surface area contributed by atoms with Gasteiger partial charge in [-0.3, -0.25) is 4.79 Å². The van der Waals surface area contributed by atoms with Gasteiger partial charge in [0.1, 0.15) is 0 Å². The summed E-state index contributed by atoms with van der Waals surface area (Å²) in [6.07, 6.45) is 3.59. The molecule has 1 aliphatic carbocycles. The zero-order chi connectivity index (χ0) is 16.4. The van der Waals surface area contributed by atoms with Crippen LogP contribution < -0.4 is 5.01 Å². The van der Waals surface area contributed by atoms with E-state index in [1.807, 2.05) is 49.4 Å². The van der Waals surface area contributed by atoms with Crippen molar-refractivity contribution in [3.63, 3.8) is 0 Å². The van der Waals surface area contributed by atoms with Gasteiger partial charge in [0.05, 0.1) is 5.69 Å². The number of amides is 1. The maximum Gasteiger partial charge on any atom is 0.272 e. The largest absolute Gasteiger partial charge is 0.272 e. The molecule has 0 heterocycles. The van der Waals surface area contributed by atoms with Gasteiger partial charge in [-0.05, 0) is 60.6 Å². The topological polar surface area (TPSA) is 23.6 Å². The molecule has 2 aromatic rings. The maximum atomic E-state index is 12.9. The van der Waals surface area contributed by atoms with Crippen molar-refractivity contribution in [1.82, 2.24) is 5.01 Å². The van der Waals surface area contributed by atoms with Crippen LogP contribution in [0.25, 0.3) is 0 Å². The number of hydrazine groups is 1. The Balaban J connectivity index is 1.97. The van der Waals surface area contributed by atoms with Crippen LogP contribution in [0.1, 0.15) is 47.2 Å². The molecule has 0 N–H and O–H groups in total. The van der Waals surface area contributed by atoms with Gasteiger partial charge in [-0.25, -0.2) is 10.0 Å². The summed E-state index contributed by atoms with van der Waals surface area (Å²) in [6.45, 7) is 2.29. The first kappa shape index (κ1) is 15.8. The average molecular weight is 308 g/mol. The summed E-state index contributed by atoms with van der Waals surface area (Å²) < 4.78 is 0. The van der Waals surface area contributed by atoms with Crippen LogP contribution in [0.15, 0.2) is 48.5 Å². The van der Waals surface area contributed by atoms with E-state index in [1.54, 1.807) is 5.01 Å². The molecule has 1 unspecified atom stereocenters. The lowest BCUT2D eigenvalue weighted by molar-refractivity contribution is 0.0930. The molecule has 120 valence electrons. The average Bonchev–Trinajstić information content (AvgIpc) is 2.55. The lowest BCUT2D eigenvalue weighted by Gasteiger charge is -2.31. The number of aryl methyl sites for hydroxylation is 1. The molecule has 3 heteroatoms. The summed E-state index contributed by atoms with van der Waals surface area (Å²) in [7, 11) is 3.81. The van der Waals surface area contributed by atoms with E-state index in [-0.39, 0.29) is 5.91 Å². The number of benzene rings is 2. The Hall–Kier alpha value is -2.13. The van der Waals surface area contributed by atoms with Crippen molar-refractivity contribution >= 4 is 11.6 Å². The van der Waals surface area contributed by atoms with Crippen LogP contribution in [0.2, 0.25) is 0 Å². The van der Waals surface area contributed by atoms with Crippen molar-refractivity contribution < 1.29 is 4.79 Å². The fourth-order valence-electron chi connectivity index (χ4n) is 3.41. The summed E-state index contributed by atoms with van der Waals surface area (Å²) in [5.74, 6) is 0.616. The molecule has 0 saturated heterocycles. The van der Waals surface area contributed by atoms with E-state index in [1.165, 1.54) is 24.0 Å². The van der Waals surface area contributed by atoms with E-state index in [0.717, 1.165) is 12.1 Å². The van der Waals surface area contributed by atoms with Crippen molar-refractivity contribution in [3.05, 3.63) is 65.2 Å². The first-order valence-electron chi connectivity index (χ1n) is 8.27. The Labute approximate surface area is 138 Å². The molecule has 0 radical (unpaired) electrons. The van der Waals surface area contributed by atoms with Crippen LogP contribution in [0.3, 0.4) is 0 Å². The Bertz CT molecular complexity index is 694. The van der Waals surface area contributed by atoms with Crippen molar-refractivity contribution in [2.24, 2.45) is 0 Å². The molecule has 0 fully saturated rings. The zero-order valence-corrected chi connectivity index (χ0v) is 14.1. The van der Waals surface area contributed by atoms with E-state index in [0.29, 0.717) is 11.5 Å². The van der Waals surface area contributed by atoms with Gasteiger partial charge < -0.3 is 0 Å². The fourth-order valence-corrected chi connectivity index (χ4v) is 3.41. The van der Waals surface area contributed by atoms with Gasteiger partial charge in [-0.1, -0.05) is 31.2 Å². The van der Waals surface area contributed by atoms with E-state index < -0.39 is 0 Å². The number of anilines is 1. The minimum absolute atomic E-state index is 0.000548. The zero-order valence-electron chi connectivity index (χ0n) is 14.1. The number of carbonyl (C=O) groups is 1. The van der Waals surface area contributed by atoms with Gasteiger partial charge >= 0.3 is 0 Å². The minimum Gasteiger partial charge on any atom is -0.267 e.